The molecule has 0 spiro atoms. The first-order chi connectivity index (χ1) is 10.5. The average Bonchev–Trinajstić information content (AvgIpc) is 3.09. The van der Waals surface area contributed by atoms with Crippen molar-refractivity contribution in [1.29, 1.82) is 5.26 Å². The summed E-state index contributed by atoms with van der Waals surface area (Å²) in [6, 6.07) is 13.4. The van der Waals surface area contributed by atoms with E-state index in [-0.39, 0.29) is 11.9 Å². The third-order valence-electron chi connectivity index (χ3n) is 3.76. The second kappa shape index (κ2) is 4.97. The zero-order chi connectivity index (χ0) is 15.9. The lowest BCUT2D eigenvalue weighted by molar-refractivity contribution is -0.129. The van der Waals surface area contributed by atoms with Gasteiger partial charge in [-0.2, -0.15) is 5.26 Å². The first-order valence-corrected chi connectivity index (χ1v) is 7.51. The van der Waals surface area contributed by atoms with Crippen LogP contribution in [-0.4, -0.2) is 23.8 Å². The van der Waals surface area contributed by atoms with Crippen LogP contribution in [0.25, 0.3) is 10.4 Å². The predicted molar refractivity (Wildman–Crippen MR) is 86.2 cm³/mol. The monoisotopic (exact) mass is 310 g/mol. The molecule has 0 saturated heterocycles. The van der Waals surface area contributed by atoms with E-state index < -0.39 is 5.54 Å². The smallest absolute Gasteiger partial charge is 0.262 e. The molecule has 22 heavy (non-hydrogen) atoms. The van der Waals surface area contributed by atoms with Crippen molar-refractivity contribution in [2.45, 2.75) is 12.5 Å². The van der Waals surface area contributed by atoms with E-state index in [1.165, 1.54) is 16.2 Å². The minimum atomic E-state index is -0.964. The molecule has 2 N–H and O–H groups in total. The number of nitriles is 1. The third-order valence-corrected chi connectivity index (χ3v) is 5.11. The molecule has 0 bridgehead atoms. The number of carbonyl (C=O) groups excluding carboxylic acids is 1. The lowest BCUT2D eigenvalue weighted by Crippen LogP contribution is -2.38. The highest BCUT2D eigenvalue weighted by atomic mass is 32.1. The lowest BCUT2D eigenvalue weighted by Gasteiger charge is -2.18. The van der Waals surface area contributed by atoms with Crippen molar-refractivity contribution in [2.24, 2.45) is 10.7 Å². The number of rotatable bonds is 2. The first kappa shape index (κ1) is 14.3. The number of carbonyl (C=O) groups is 1. The summed E-state index contributed by atoms with van der Waals surface area (Å²) in [6.45, 7) is 1.77. The Labute approximate surface area is 132 Å². The number of benzene rings is 1. The van der Waals surface area contributed by atoms with Gasteiger partial charge in [0, 0.05) is 16.8 Å². The predicted octanol–water partition coefficient (Wildman–Crippen LogP) is 2.29. The van der Waals surface area contributed by atoms with Crippen molar-refractivity contribution in [3.05, 3.63) is 46.8 Å². The average molecular weight is 310 g/mol. The molecule has 0 saturated carbocycles. The van der Waals surface area contributed by atoms with Crippen LogP contribution in [0.4, 0.5) is 0 Å². The quantitative estimate of drug-likeness (QED) is 0.924. The number of hydrogen-bond acceptors (Lipinski definition) is 5. The van der Waals surface area contributed by atoms with Gasteiger partial charge < -0.3 is 5.73 Å². The van der Waals surface area contributed by atoms with Crippen LogP contribution >= 0.6 is 11.3 Å². The Balaban J connectivity index is 2.01. The molecule has 2 heterocycles. The van der Waals surface area contributed by atoms with Gasteiger partial charge >= 0.3 is 0 Å². The number of thiophene rings is 1. The van der Waals surface area contributed by atoms with Crippen LogP contribution < -0.4 is 5.73 Å². The minimum Gasteiger partial charge on any atom is -0.369 e. The summed E-state index contributed by atoms with van der Waals surface area (Å²) < 4.78 is 0. The molecule has 5 nitrogen and oxygen atoms in total. The molecule has 1 aliphatic heterocycles. The number of amides is 1. The van der Waals surface area contributed by atoms with Crippen molar-refractivity contribution in [3.63, 3.8) is 0 Å². The molecule has 1 unspecified atom stereocenters. The van der Waals surface area contributed by atoms with Crippen LogP contribution in [-0.2, 0) is 10.3 Å². The summed E-state index contributed by atoms with van der Waals surface area (Å²) in [5.74, 6) is 0.0955. The molecule has 6 heteroatoms. The van der Waals surface area contributed by atoms with Crippen molar-refractivity contribution < 1.29 is 4.79 Å². The van der Waals surface area contributed by atoms with E-state index in [4.69, 9.17) is 11.0 Å². The summed E-state index contributed by atoms with van der Waals surface area (Å²) in [5, 5.41) is 8.99. The van der Waals surface area contributed by atoms with E-state index in [0.717, 1.165) is 15.3 Å². The third kappa shape index (κ3) is 2.07. The number of nitrogens with zero attached hydrogens (tertiary/aromatic N) is 3. The summed E-state index contributed by atoms with van der Waals surface area (Å²) in [5.41, 5.74) is 6.36. The number of nitrogens with two attached hydrogens (primary N) is 1. The van der Waals surface area contributed by atoms with Gasteiger partial charge in [0.25, 0.3) is 5.91 Å². The van der Waals surface area contributed by atoms with Crippen molar-refractivity contribution in [1.82, 2.24) is 4.90 Å². The van der Waals surface area contributed by atoms with E-state index in [0.29, 0.717) is 5.56 Å². The molecule has 0 radical (unpaired) electrons. The molecule has 0 fully saturated rings. The van der Waals surface area contributed by atoms with Gasteiger partial charge in [-0.3, -0.25) is 9.69 Å². The van der Waals surface area contributed by atoms with Crippen LogP contribution in [0.1, 0.15) is 17.4 Å². The summed E-state index contributed by atoms with van der Waals surface area (Å²) >= 11 is 1.49. The zero-order valence-corrected chi connectivity index (χ0v) is 13.0. The number of guanidine groups is 1. The first-order valence-electron chi connectivity index (χ1n) is 6.70. The van der Waals surface area contributed by atoms with Crippen molar-refractivity contribution in [2.75, 3.05) is 7.05 Å². The molecule has 110 valence electrons. The van der Waals surface area contributed by atoms with Gasteiger partial charge in [0.2, 0.25) is 0 Å². The summed E-state index contributed by atoms with van der Waals surface area (Å²) in [4.78, 5) is 19.9. The Morgan fingerprint density at radius 3 is 2.77 bits per heavy atom. The molecule has 1 aromatic heterocycles. The fourth-order valence-electron chi connectivity index (χ4n) is 2.44. The number of hydrogen-bond donors (Lipinski definition) is 1. The maximum absolute atomic E-state index is 12.4. The van der Waals surface area contributed by atoms with Gasteiger partial charge in [0.1, 0.15) is 0 Å². The molecule has 1 atom stereocenters. The van der Waals surface area contributed by atoms with E-state index in [1.807, 2.05) is 30.3 Å². The number of likely N-dealkylation sites (N-methyl/N-ethyl adjacent to an activating group) is 1. The second-order valence-electron chi connectivity index (χ2n) is 5.26. The summed E-state index contributed by atoms with van der Waals surface area (Å²) in [6.07, 6.45) is 0. The van der Waals surface area contributed by atoms with Crippen LogP contribution in [0.3, 0.4) is 0 Å². The molecule has 1 amide bonds. The van der Waals surface area contributed by atoms with E-state index >= 15 is 0 Å². The second-order valence-corrected chi connectivity index (χ2v) is 6.35. The molecule has 2 aromatic rings. The molecule has 0 aliphatic carbocycles. The Morgan fingerprint density at radius 1 is 1.36 bits per heavy atom. The van der Waals surface area contributed by atoms with Crippen molar-refractivity contribution in [3.8, 4) is 16.5 Å². The largest absolute Gasteiger partial charge is 0.369 e. The van der Waals surface area contributed by atoms with Crippen LogP contribution in [0.5, 0.6) is 0 Å². The van der Waals surface area contributed by atoms with Crippen LogP contribution in [0, 0.1) is 11.3 Å². The van der Waals surface area contributed by atoms with Gasteiger partial charge in [-0.1, -0.05) is 12.1 Å². The molecule has 1 aromatic carbocycles. The highest BCUT2D eigenvalue weighted by Crippen LogP contribution is 2.39. The lowest BCUT2D eigenvalue weighted by atomic mass is 10.0. The van der Waals surface area contributed by atoms with Crippen molar-refractivity contribution >= 4 is 23.2 Å². The normalized spacial score (nSPS) is 20.9. The fourth-order valence-corrected chi connectivity index (χ4v) is 3.53. The Hall–Kier alpha value is -2.65. The van der Waals surface area contributed by atoms with Gasteiger partial charge in [-0.25, -0.2) is 4.99 Å². The molecule has 3 rings (SSSR count). The Kier molecular flexibility index (Phi) is 3.23. The van der Waals surface area contributed by atoms with E-state index in [2.05, 4.69) is 11.1 Å². The van der Waals surface area contributed by atoms with Gasteiger partial charge in [0.05, 0.1) is 11.6 Å². The Bertz CT molecular complexity index is 833. The highest BCUT2D eigenvalue weighted by molar-refractivity contribution is 7.15. The highest BCUT2D eigenvalue weighted by Gasteiger charge is 2.44. The zero-order valence-electron chi connectivity index (χ0n) is 12.2. The van der Waals surface area contributed by atoms with Gasteiger partial charge in [0.15, 0.2) is 11.5 Å². The van der Waals surface area contributed by atoms with Gasteiger partial charge in [-0.05, 0) is 36.8 Å². The fraction of sp³-hybridized carbons (Fsp3) is 0.188. The molecular formula is C16H14N4OS. The van der Waals surface area contributed by atoms with Crippen LogP contribution in [0.15, 0.2) is 41.4 Å². The summed E-state index contributed by atoms with van der Waals surface area (Å²) in [7, 11) is 1.62. The SMILES string of the molecule is CN1C(=O)C(C)(c2ccc(-c3cccc(C#N)c3)s2)N=C1N. The topological polar surface area (TPSA) is 82.5 Å². The van der Waals surface area contributed by atoms with E-state index in [1.54, 1.807) is 20.0 Å². The van der Waals surface area contributed by atoms with Gasteiger partial charge in [-0.15, -0.1) is 11.3 Å². The maximum Gasteiger partial charge on any atom is 0.262 e. The minimum absolute atomic E-state index is 0.135. The molecular weight excluding hydrogens is 296 g/mol. The maximum atomic E-state index is 12.4. The molecule has 1 aliphatic rings. The van der Waals surface area contributed by atoms with Crippen LogP contribution in [0.2, 0.25) is 0 Å². The van der Waals surface area contributed by atoms with E-state index in [9.17, 15) is 4.79 Å². The Morgan fingerprint density at radius 2 is 2.14 bits per heavy atom. The standard InChI is InChI=1S/C16H14N4OS/c1-16(14(21)20(2)15(18)19-16)13-7-6-12(22-13)11-5-3-4-10(8-11)9-17/h3-8H,1-2H3,(H2,18,19). The number of aliphatic imine (C=N–C) groups is 1.